The molecule has 12 heteroatoms. The van der Waals surface area contributed by atoms with Gasteiger partial charge in [-0.05, 0) is 31.2 Å². The molecule has 7 nitrogen and oxygen atoms in total. The molecule has 0 spiro atoms. The van der Waals surface area contributed by atoms with Gasteiger partial charge in [0.25, 0.3) is 5.91 Å². The Bertz CT molecular complexity index is 985. The molecule has 29 heavy (non-hydrogen) atoms. The number of carbonyl (C=O) groups is 2. The highest BCUT2D eigenvalue weighted by molar-refractivity contribution is 6.30. The third kappa shape index (κ3) is 4.24. The smallest absolute Gasteiger partial charge is 0.314 e. The number of benzene rings is 1. The van der Waals surface area contributed by atoms with E-state index in [-0.39, 0.29) is 22.8 Å². The summed E-state index contributed by atoms with van der Waals surface area (Å²) in [6.07, 6.45) is -5.07. The third-order valence-corrected chi connectivity index (χ3v) is 4.50. The van der Waals surface area contributed by atoms with E-state index < -0.39 is 41.5 Å². The van der Waals surface area contributed by atoms with Crippen molar-refractivity contribution < 1.29 is 27.2 Å². The van der Waals surface area contributed by atoms with Crippen LogP contribution in [0.2, 0.25) is 5.02 Å². The fourth-order valence-corrected chi connectivity index (χ4v) is 2.88. The largest absolute Gasteiger partial charge is 0.433 e. The molecule has 1 atom stereocenters. The predicted molar refractivity (Wildman–Crippen MR) is 95.6 cm³/mol. The van der Waals surface area contributed by atoms with E-state index in [1.54, 1.807) is 0 Å². The topological polar surface area (TPSA) is 78.4 Å². The number of aryl methyl sites for hydroxylation is 1. The number of aromatic nitrogens is 2. The molecule has 3 rings (SSSR count). The lowest BCUT2D eigenvalue weighted by Gasteiger charge is -2.27. The Morgan fingerprint density at radius 1 is 1.31 bits per heavy atom. The van der Waals surface area contributed by atoms with Crippen LogP contribution in [-0.2, 0) is 15.8 Å². The predicted octanol–water partition coefficient (Wildman–Crippen LogP) is 2.87. The van der Waals surface area contributed by atoms with Crippen LogP contribution >= 0.6 is 11.6 Å². The van der Waals surface area contributed by atoms with Crippen LogP contribution in [0.25, 0.3) is 0 Å². The van der Waals surface area contributed by atoms with Gasteiger partial charge in [0.2, 0.25) is 11.9 Å². The lowest BCUT2D eigenvalue weighted by molar-refractivity contribution is -0.141. The summed E-state index contributed by atoms with van der Waals surface area (Å²) < 4.78 is 52.9. The average Bonchev–Trinajstić information content (AvgIpc) is 3.03. The van der Waals surface area contributed by atoms with Crippen molar-refractivity contribution in [2.45, 2.75) is 25.6 Å². The van der Waals surface area contributed by atoms with Crippen molar-refractivity contribution in [3.63, 3.8) is 0 Å². The zero-order valence-corrected chi connectivity index (χ0v) is 15.8. The van der Waals surface area contributed by atoms with Crippen LogP contribution in [-0.4, -0.2) is 34.9 Å². The number of nitrogens with zero attached hydrogens (tertiary/aromatic N) is 4. The Morgan fingerprint density at radius 3 is 2.62 bits per heavy atom. The number of hydrogen-bond acceptors (Lipinski definition) is 5. The van der Waals surface area contributed by atoms with Crippen LogP contribution in [0.5, 0.6) is 0 Å². The Kier molecular flexibility index (Phi) is 5.35. The summed E-state index contributed by atoms with van der Waals surface area (Å²) >= 11 is 5.63. The Balaban J connectivity index is 1.94. The number of anilines is 2. The number of halogens is 5. The van der Waals surface area contributed by atoms with E-state index >= 15 is 0 Å². The van der Waals surface area contributed by atoms with Crippen LogP contribution in [0.15, 0.2) is 24.3 Å². The molecule has 2 heterocycles. The summed E-state index contributed by atoms with van der Waals surface area (Å²) in [7, 11) is 1.34. The third-order valence-electron chi connectivity index (χ3n) is 4.19. The Hall–Kier alpha value is -2.95. The van der Waals surface area contributed by atoms with Crippen molar-refractivity contribution in [3.8, 4) is 0 Å². The van der Waals surface area contributed by atoms with E-state index in [1.807, 2.05) is 0 Å². The Labute approximate surface area is 167 Å². The molecule has 0 aliphatic carbocycles. The zero-order valence-electron chi connectivity index (χ0n) is 15.1. The molecular weight excluding hydrogens is 418 g/mol. The summed E-state index contributed by atoms with van der Waals surface area (Å²) in [5.74, 6) is -2.50. The van der Waals surface area contributed by atoms with Gasteiger partial charge in [-0.15, -0.1) is 0 Å². The molecule has 1 N–H and O–H groups in total. The number of rotatable bonds is 3. The Morgan fingerprint density at radius 2 is 2.00 bits per heavy atom. The lowest BCUT2D eigenvalue weighted by atomic mass is 10.1. The number of nitrogens with one attached hydrogen (secondary N) is 1. The van der Waals surface area contributed by atoms with Crippen molar-refractivity contribution >= 4 is 35.1 Å². The van der Waals surface area contributed by atoms with Gasteiger partial charge < -0.3 is 4.90 Å². The molecule has 2 amide bonds. The summed E-state index contributed by atoms with van der Waals surface area (Å²) in [4.78, 5) is 33.2. The van der Waals surface area contributed by atoms with Crippen molar-refractivity contribution in [3.05, 3.63) is 46.5 Å². The molecule has 1 aromatic carbocycles. The van der Waals surface area contributed by atoms with Crippen LogP contribution in [0.3, 0.4) is 0 Å². The van der Waals surface area contributed by atoms with Gasteiger partial charge in [0.1, 0.15) is 17.6 Å². The number of hydrazine groups is 1. The first-order chi connectivity index (χ1) is 13.5. The van der Waals surface area contributed by atoms with E-state index in [0.29, 0.717) is 0 Å². The lowest BCUT2D eigenvalue weighted by Crippen LogP contribution is -2.48. The second-order valence-corrected chi connectivity index (χ2v) is 6.72. The number of likely N-dealkylation sites (N-methyl/N-ethyl adjacent to an activating group) is 1. The molecule has 1 saturated heterocycles. The van der Waals surface area contributed by atoms with Crippen LogP contribution < -0.4 is 15.3 Å². The zero-order chi connectivity index (χ0) is 21.5. The maximum atomic E-state index is 13.7. The number of hydrogen-bond donors (Lipinski definition) is 1. The second-order valence-electron chi connectivity index (χ2n) is 6.31. The molecule has 2 aromatic rings. The monoisotopic (exact) mass is 431 g/mol. The highest BCUT2D eigenvalue weighted by atomic mass is 35.5. The van der Waals surface area contributed by atoms with E-state index in [1.165, 1.54) is 26.1 Å². The normalized spacial score (nSPS) is 16.7. The van der Waals surface area contributed by atoms with Crippen molar-refractivity contribution in [2.75, 3.05) is 17.0 Å². The first-order valence-electron chi connectivity index (χ1n) is 8.21. The minimum absolute atomic E-state index is 0.00259. The van der Waals surface area contributed by atoms with Gasteiger partial charge >= 0.3 is 6.18 Å². The van der Waals surface area contributed by atoms with Gasteiger partial charge in [0, 0.05) is 18.4 Å². The minimum atomic E-state index is -4.73. The van der Waals surface area contributed by atoms with E-state index in [4.69, 9.17) is 11.6 Å². The van der Waals surface area contributed by atoms with Crippen molar-refractivity contribution in [1.29, 1.82) is 0 Å². The van der Waals surface area contributed by atoms with E-state index in [2.05, 4.69) is 15.4 Å². The van der Waals surface area contributed by atoms with Gasteiger partial charge in [-0.3, -0.25) is 15.0 Å². The minimum Gasteiger partial charge on any atom is -0.314 e. The summed E-state index contributed by atoms with van der Waals surface area (Å²) in [5, 5.41) is 0.747. The molecule has 0 bridgehead atoms. The first-order valence-corrected chi connectivity index (χ1v) is 8.59. The van der Waals surface area contributed by atoms with Gasteiger partial charge in [-0.25, -0.2) is 19.4 Å². The van der Waals surface area contributed by atoms with Crippen LogP contribution in [0, 0.1) is 12.7 Å². The fourth-order valence-electron chi connectivity index (χ4n) is 2.76. The highest BCUT2D eigenvalue weighted by Crippen LogP contribution is 2.30. The summed E-state index contributed by atoms with van der Waals surface area (Å²) in [5.41, 5.74) is 1.24. The SMILES string of the molecule is Cc1cc(C(F)(F)F)nc(N2NC(=O)CC2C(=O)N(C)c2ccc(Cl)c(F)c2)n1. The molecular formula is C17H14ClF4N5O2. The number of carbonyl (C=O) groups excluding carboxylic acids is 2. The molecule has 1 aliphatic rings. The quantitative estimate of drug-likeness (QED) is 0.756. The van der Waals surface area contributed by atoms with Gasteiger partial charge in [-0.2, -0.15) is 13.2 Å². The molecule has 0 saturated carbocycles. The van der Waals surface area contributed by atoms with Crippen LogP contribution in [0.1, 0.15) is 17.8 Å². The summed E-state index contributed by atoms with van der Waals surface area (Å²) in [6, 6.07) is 3.20. The second kappa shape index (κ2) is 7.47. The van der Waals surface area contributed by atoms with E-state index in [0.717, 1.165) is 22.0 Å². The molecule has 1 aliphatic heterocycles. The average molecular weight is 432 g/mol. The first kappa shape index (κ1) is 20.8. The molecule has 1 fully saturated rings. The number of amides is 2. The van der Waals surface area contributed by atoms with E-state index in [9.17, 15) is 27.2 Å². The van der Waals surface area contributed by atoms with Gasteiger partial charge in [0.15, 0.2) is 0 Å². The van der Waals surface area contributed by atoms with Crippen LogP contribution in [0.4, 0.5) is 29.2 Å². The molecule has 1 unspecified atom stereocenters. The van der Waals surface area contributed by atoms with Crippen molar-refractivity contribution in [2.24, 2.45) is 0 Å². The van der Waals surface area contributed by atoms with Crippen molar-refractivity contribution in [1.82, 2.24) is 15.4 Å². The number of alkyl halides is 3. The van der Waals surface area contributed by atoms with Gasteiger partial charge in [-0.1, -0.05) is 11.6 Å². The molecule has 0 radical (unpaired) electrons. The standard InChI is InChI=1S/C17H14ClF4N5O2/c1-8-5-13(17(20,21)22)24-16(23-8)27-12(7-14(28)25-27)15(29)26(2)9-3-4-10(18)11(19)6-9/h3-6,12H,7H2,1-2H3,(H,25,28). The maximum absolute atomic E-state index is 13.7. The highest BCUT2D eigenvalue weighted by Gasteiger charge is 2.41. The molecule has 154 valence electrons. The summed E-state index contributed by atoms with van der Waals surface area (Å²) in [6.45, 7) is 1.33. The molecule has 1 aromatic heterocycles. The van der Waals surface area contributed by atoms with Gasteiger partial charge in [0.05, 0.1) is 11.4 Å². The fraction of sp³-hybridized carbons (Fsp3) is 0.294. The maximum Gasteiger partial charge on any atom is 0.433 e.